The molecule has 0 aromatic heterocycles. The highest BCUT2D eigenvalue weighted by molar-refractivity contribution is 7.49. The van der Waals surface area contributed by atoms with Gasteiger partial charge < -0.3 is 9.47 Å². The van der Waals surface area contributed by atoms with Gasteiger partial charge in [-0.3, -0.25) is 4.99 Å². The Morgan fingerprint density at radius 2 is 1.64 bits per heavy atom. The molecule has 192 valence electrons. The number of aryl methyl sites for hydroxylation is 2. The smallest absolute Gasteiger partial charge is 0.188 e. The molecular formula is C32H42NO2P. The van der Waals surface area contributed by atoms with Gasteiger partial charge in [-0.1, -0.05) is 98.2 Å². The lowest BCUT2D eigenvalue weighted by atomic mass is 9.82. The van der Waals surface area contributed by atoms with Crippen molar-refractivity contribution in [3.8, 4) is 5.75 Å². The third kappa shape index (κ3) is 6.84. The Kier molecular flexibility index (Phi) is 9.50. The van der Waals surface area contributed by atoms with Gasteiger partial charge in [0.2, 0.25) is 0 Å². The first-order valence-corrected chi connectivity index (χ1v) is 13.8. The maximum absolute atomic E-state index is 6.24. The van der Waals surface area contributed by atoms with Crippen molar-refractivity contribution >= 4 is 25.8 Å². The van der Waals surface area contributed by atoms with Crippen molar-refractivity contribution in [1.82, 2.24) is 0 Å². The summed E-state index contributed by atoms with van der Waals surface area (Å²) in [5, 5.41) is 1.27. The van der Waals surface area contributed by atoms with E-state index in [1.165, 1.54) is 27.6 Å². The van der Waals surface area contributed by atoms with Gasteiger partial charge in [0, 0.05) is 29.6 Å². The zero-order valence-corrected chi connectivity index (χ0v) is 24.2. The molecule has 0 aliphatic carbocycles. The minimum absolute atomic E-state index is 0.0473. The fourth-order valence-corrected chi connectivity index (χ4v) is 6.41. The van der Waals surface area contributed by atoms with Gasteiger partial charge >= 0.3 is 0 Å². The number of para-hydroxylation sites is 1. The van der Waals surface area contributed by atoms with Crippen molar-refractivity contribution in [1.29, 1.82) is 0 Å². The van der Waals surface area contributed by atoms with E-state index in [9.17, 15) is 0 Å². The number of aliphatic imine (C=N–C) groups is 1. The van der Waals surface area contributed by atoms with Crippen LogP contribution in [0.1, 0.15) is 75.3 Å². The maximum Gasteiger partial charge on any atom is 0.188 e. The Hall–Kier alpha value is -2.48. The molecule has 0 N–H and O–H groups in total. The fraction of sp³-hybridized carbons (Fsp3) is 0.406. The van der Waals surface area contributed by atoms with Crippen LogP contribution in [0.15, 0.2) is 65.7 Å². The van der Waals surface area contributed by atoms with Gasteiger partial charge in [0.25, 0.3) is 0 Å². The van der Waals surface area contributed by atoms with Gasteiger partial charge in [-0.15, -0.1) is 0 Å². The molecule has 4 heteroatoms. The number of hydrogen-bond acceptors (Lipinski definition) is 3. The van der Waals surface area contributed by atoms with E-state index in [2.05, 4.69) is 78.8 Å². The second-order valence-corrected chi connectivity index (χ2v) is 12.7. The van der Waals surface area contributed by atoms with Crippen LogP contribution in [0.3, 0.4) is 0 Å². The highest BCUT2D eigenvalue weighted by Gasteiger charge is 2.33. The molecule has 0 bridgehead atoms. The summed E-state index contributed by atoms with van der Waals surface area (Å²) >= 11 is 0. The van der Waals surface area contributed by atoms with Crippen molar-refractivity contribution in [2.75, 3.05) is 13.9 Å². The van der Waals surface area contributed by atoms with E-state index in [0.717, 1.165) is 29.8 Å². The molecule has 0 aliphatic heterocycles. The molecule has 0 aliphatic rings. The third-order valence-corrected chi connectivity index (χ3v) is 8.63. The lowest BCUT2D eigenvalue weighted by Gasteiger charge is -2.35. The highest BCUT2D eigenvalue weighted by Crippen LogP contribution is 2.50. The monoisotopic (exact) mass is 503 g/mol. The summed E-state index contributed by atoms with van der Waals surface area (Å²) in [6.07, 6.45) is 4.17. The molecule has 0 spiro atoms. The first-order valence-electron chi connectivity index (χ1n) is 12.8. The SMILES string of the molecule is CCCC(C)(Pc1c(C)cccc1/C=N/c1ccccc1)c1cc(C(C)(C)C)cc(C)c1OCOC. The lowest BCUT2D eigenvalue weighted by molar-refractivity contribution is 0.0495. The number of methoxy groups -OCH3 is 1. The zero-order valence-electron chi connectivity index (χ0n) is 23.2. The maximum atomic E-state index is 6.24. The van der Waals surface area contributed by atoms with E-state index in [4.69, 9.17) is 14.5 Å². The Morgan fingerprint density at radius 3 is 2.28 bits per heavy atom. The number of hydrogen-bond donors (Lipinski definition) is 0. The van der Waals surface area contributed by atoms with E-state index in [1.54, 1.807) is 7.11 Å². The van der Waals surface area contributed by atoms with Crippen LogP contribution >= 0.6 is 8.58 Å². The summed E-state index contributed by atoms with van der Waals surface area (Å²) in [7, 11) is 2.24. The van der Waals surface area contributed by atoms with Crippen molar-refractivity contribution in [2.45, 2.75) is 71.9 Å². The summed E-state index contributed by atoms with van der Waals surface area (Å²) < 4.78 is 11.6. The van der Waals surface area contributed by atoms with Crippen molar-refractivity contribution < 1.29 is 9.47 Å². The first-order chi connectivity index (χ1) is 17.1. The number of rotatable bonds is 10. The predicted octanol–water partition coefficient (Wildman–Crippen LogP) is 8.35. The molecule has 3 rings (SSSR count). The average molecular weight is 504 g/mol. The normalized spacial score (nSPS) is 14.0. The van der Waals surface area contributed by atoms with Crippen molar-refractivity contribution in [2.24, 2.45) is 4.99 Å². The minimum atomic E-state index is -0.0920. The van der Waals surface area contributed by atoms with Gasteiger partial charge in [-0.2, -0.15) is 0 Å². The largest absolute Gasteiger partial charge is 0.467 e. The molecule has 3 nitrogen and oxygen atoms in total. The molecule has 3 aromatic carbocycles. The quantitative estimate of drug-likeness (QED) is 0.158. The molecule has 2 unspecified atom stereocenters. The number of benzene rings is 3. The van der Waals surface area contributed by atoms with Crippen LogP contribution in [0.4, 0.5) is 5.69 Å². The molecular weight excluding hydrogens is 461 g/mol. The first kappa shape index (κ1) is 28.1. The van der Waals surface area contributed by atoms with E-state index >= 15 is 0 Å². The van der Waals surface area contributed by atoms with E-state index in [-0.39, 0.29) is 17.4 Å². The molecule has 0 radical (unpaired) electrons. The average Bonchev–Trinajstić information content (AvgIpc) is 2.83. The van der Waals surface area contributed by atoms with Crippen LogP contribution in [0.25, 0.3) is 0 Å². The number of nitrogens with zero attached hydrogens (tertiary/aromatic N) is 1. The molecule has 2 atom stereocenters. The van der Waals surface area contributed by atoms with E-state index < -0.39 is 0 Å². The standard InChI is InChI=1S/C32H42NO2P/c1-9-18-32(7,28-20-26(31(4,5)6)19-24(3)29(28)35-22-34-8)36-30-23(2)14-13-15-25(30)21-33-27-16-11-10-12-17-27/h10-17,19-21,36H,9,18,22H2,1-8H3/b33-21+. The highest BCUT2D eigenvalue weighted by atomic mass is 31.1. The second kappa shape index (κ2) is 12.2. The van der Waals surface area contributed by atoms with Crippen LogP contribution in [0, 0.1) is 13.8 Å². The van der Waals surface area contributed by atoms with Gasteiger partial charge in [0.1, 0.15) is 5.75 Å². The van der Waals surface area contributed by atoms with E-state index in [1.807, 2.05) is 36.5 Å². The van der Waals surface area contributed by atoms with Crippen LogP contribution < -0.4 is 10.0 Å². The fourth-order valence-electron chi connectivity index (χ4n) is 4.59. The van der Waals surface area contributed by atoms with Crippen LogP contribution in [-0.4, -0.2) is 20.1 Å². The molecule has 3 aromatic rings. The minimum Gasteiger partial charge on any atom is -0.467 e. The second-order valence-electron chi connectivity index (χ2n) is 10.8. The molecule has 36 heavy (non-hydrogen) atoms. The third-order valence-electron chi connectivity index (χ3n) is 6.62. The molecule has 0 saturated heterocycles. The predicted molar refractivity (Wildman–Crippen MR) is 157 cm³/mol. The van der Waals surface area contributed by atoms with Crippen LogP contribution in [0.2, 0.25) is 0 Å². The number of ether oxygens (including phenoxy) is 2. The summed E-state index contributed by atoms with van der Waals surface area (Å²) in [5.41, 5.74) is 7.27. The Bertz CT molecular complexity index is 1180. The Morgan fingerprint density at radius 1 is 0.917 bits per heavy atom. The Balaban J connectivity index is 2.14. The summed E-state index contributed by atoms with van der Waals surface area (Å²) in [4.78, 5) is 4.78. The van der Waals surface area contributed by atoms with Crippen LogP contribution in [0.5, 0.6) is 5.75 Å². The van der Waals surface area contributed by atoms with Crippen molar-refractivity contribution in [3.05, 3.63) is 88.5 Å². The van der Waals surface area contributed by atoms with E-state index in [0.29, 0.717) is 8.58 Å². The van der Waals surface area contributed by atoms with Gasteiger partial charge in [-0.25, -0.2) is 0 Å². The zero-order chi connectivity index (χ0) is 26.3. The molecule has 0 heterocycles. The van der Waals surface area contributed by atoms with Gasteiger partial charge in [-0.05, 0) is 59.8 Å². The Labute approximate surface area is 220 Å². The van der Waals surface area contributed by atoms with Crippen molar-refractivity contribution in [3.63, 3.8) is 0 Å². The summed E-state index contributed by atoms with van der Waals surface area (Å²) in [6, 6.07) is 21.3. The summed E-state index contributed by atoms with van der Waals surface area (Å²) in [5.74, 6) is 0.960. The molecule has 0 saturated carbocycles. The molecule has 0 amide bonds. The summed E-state index contributed by atoms with van der Waals surface area (Å²) in [6.45, 7) is 16.1. The lowest BCUT2D eigenvalue weighted by Crippen LogP contribution is -2.25. The topological polar surface area (TPSA) is 30.8 Å². The van der Waals surface area contributed by atoms with Gasteiger partial charge in [0.15, 0.2) is 6.79 Å². The molecule has 0 fully saturated rings. The van der Waals surface area contributed by atoms with Crippen LogP contribution in [-0.2, 0) is 15.3 Å². The van der Waals surface area contributed by atoms with Gasteiger partial charge in [0.05, 0.1) is 5.69 Å².